The Labute approximate surface area is 113 Å². The molecule has 1 amide bonds. The van der Waals surface area contributed by atoms with Gasteiger partial charge < -0.3 is 15.3 Å². The summed E-state index contributed by atoms with van der Waals surface area (Å²) < 4.78 is 0. The molecule has 0 aliphatic carbocycles. The number of hydrogen-bond acceptors (Lipinski definition) is 4. The normalized spacial score (nSPS) is 12.7. The number of aliphatic carboxylic acids is 1. The van der Waals surface area contributed by atoms with E-state index in [9.17, 15) is 9.59 Å². The number of nitrogens with one attached hydrogen (secondary N) is 1. The van der Waals surface area contributed by atoms with Crippen LogP contribution < -0.4 is 5.32 Å². The summed E-state index contributed by atoms with van der Waals surface area (Å²) in [4.78, 5) is 24.7. The molecule has 0 radical (unpaired) electrons. The first kappa shape index (κ1) is 17.0. The van der Waals surface area contributed by atoms with Crippen molar-refractivity contribution in [3.05, 3.63) is 11.8 Å². The first-order valence-electron chi connectivity index (χ1n) is 6.26. The van der Waals surface area contributed by atoms with Gasteiger partial charge in [-0.3, -0.25) is 4.79 Å². The van der Waals surface area contributed by atoms with E-state index >= 15 is 0 Å². The van der Waals surface area contributed by atoms with Crippen LogP contribution >= 0.6 is 0 Å². The molecule has 0 fully saturated rings. The van der Waals surface area contributed by atoms with Crippen LogP contribution in [0.2, 0.25) is 0 Å². The molecule has 0 saturated heterocycles. The highest BCUT2D eigenvalue weighted by atomic mass is 16.4. The van der Waals surface area contributed by atoms with Crippen molar-refractivity contribution in [3.63, 3.8) is 0 Å². The number of rotatable bonds is 7. The summed E-state index contributed by atoms with van der Waals surface area (Å²) in [6.45, 7) is 8.53. The van der Waals surface area contributed by atoms with Crippen LogP contribution in [0, 0.1) is 17.2 Å². The van der Waals surface area contributed by atoms with Crippen molar-refractivity contribution in [3.8, 4) is 6.07 Å². The van der Waals surface area contributed by atoms with Gasteiger partial charge >= 0.3 is 5.97 Å². The summed E-state index contributed by atoms with van der Waals surface area (Å²) in [5.41, 5.74) is -0.0874. The number of amides is 1. The average molecular weight is 267 g/mol. The van der Waals surface area contributed by atoms with E-state index in [1.807, 2.05) is 13.8 Å². The maximum Gasteiger partial charge on any atom is 0.326 e. The summed E-state index contributed by atoms with van der Waals surface area (Å²) >= 11 is 0. The van der Waals surface area contributed by atoms with Crippen LogP contribution in [0.5, 0.6) is 0 Å². The van der Waals surface area contributed by atoms with Crippen molar-refractivity contribution >= 4 is 11.9 Å². The maximum absolute atomic E-state index is 11.9. The highest BCUT2D eigenvalue weighted by molar-refractivity contribution is 5.99. The van der Waals surface area contributed by atoms with Gasteiger partial charge in [0.25, 0.3) is 5.91 Å². The molecule has 2 N–H and O–H groups in total. The van der Waals surface area contributed by atoms with E-state index < -0.39 is 17.9 Å². The lowest BCUT2D eigenvalue weighted by Crippen LogP contribution is -2.45. The van der Waals surface area contributed by atoms with Gasteiger partial charge in [0.05, 0.1) is 0 Å². The number of carboxylic acids is 1. The van der Waals surface area contributed by atoms with Crippen LogP contribution in [0.3, 0.4) is 0 Å². The third-order valence-corrected chi connectivity index (χ3v) is 2.71. The smallest absolute Gasteiger partial charge is 0.326 e. The molecule has 0 aromatic heterocycles. The van der Waals surface area contributed by atoms with Gasteiger partial charge in [0.2, 0.25) is 0 Å². The number of nitriles is 1. The molecule has 0 bridgehead atoms. The topological polar surface area (TPSA) is 93.4 Å². The molecular weight excluding hydrogens is 246 g/mol. The Balaban J connectivity index is 4.97. The van der Waals surface area contributed by atoms with Gasteiger partial charge in [-0.15, -0.1) is 0 Å². The van der Waals surface area contributed by atoms with Crippen LogP contribution in [0.25, 0.3) is 0 Å². The number of carbonyl (C=O) groups is 2. The molecule has 0 spiro atoms. The third-order valence-electron chi connectivity index (χ3n) is 2.71. The lowest BCUT2D eigenvalue weighted by Gasteiger charge is -2.19. The molecule has 0 aromatic rings. The molecule has 0 aliphatic rings. The second kappa shape index (κ2) is 8.14. The Morgan fingerprint density at radius 2 is 1.89 bits per heavy atom. The van der Waals surface area contributed by atoms with Gasteiger partial charge in [0.15, 0.2) is 0 Å². The largest absolute Gasteiger partial charge is 0.480 e. The average Bonchev–Trinajstić information content (AvgIpc) is 2.36. The minimum Gasteiger partial charge on any atom is -0.480 e. The fourth-order valence-electron chi connectivity index (χ4n) is 1.46. The van der Waals surface area contributed by atoms with E-state index in [2.05, 4.69) is 5.32 Å². The van der Waals surface area contributed by atoms with Gasteiger partial charge in [-0.1, -0.05) is 13.8 Å². The van der Waals surface area contributed by atoms with Crippen LogP contribution in [0.1, 0.15) is 27.7 Å². The lowest BCUT2D eigenvalue weighted by atomic mass is 10.0. The first-order chi connectivity index (χ1) is 8.87. The van der Waals surface area contributed by atoms with Crippen LogP contribution in [0.15, 0.2) is 11.8 Å². The van der Waals surface area contributed by atoms with Crippen molar-refractivity contribution in [2.45, 2.75) is 33.7 Å². The van der Waals surface area contributed by atoms with Gasteiger partial charge in [0, 0.05) is 19.3 Å². The number of carbonyl (C=O) groups excluding carboxylic acids is 1. The van der Waals surface area contributed by atoms with E-state index in [-0.39, 0.29) is 11.5 Å². The fourth-order valence-corrected chi connectivity index (χ4v) is 1.46. The summed E-state index contributed by atoms with van der Waals surface area (Å²) in [7, 11) is 0. The number of carboxylic acid groups (broad SMARTS) is 1. The molecule has 1 unspecified atom stereocenters. The summed E-state index contributed by atoms with van der Waals surface area (Å²) in [6, 6.07) is 0.800. The van der Waals surface area contributed by atoms with Gasteiger partial charge in [0.1, 0.15) is 17.7 Å². The van der Waals surface area contributed by atoms with Crippen molar-refractivity contribution < 1.29 is 14.7 Å². The van der Waals surface area contributed by atoms with Gasteiger partial charge in [-0.25, -0.2) is 4.79 Å². The van der Waals surface area contributed by atoms with Crippen molar-refractivity contribution in [1.29, 1.82) is 5.26 Å². The fraction of sp³-hybridized carbons (Fsp3) is 0.615. The zero-order valence-electron chi connectivity index (χ0n) is 11.8. The van der Waals surface area contributed by atoms with Gasteiger partial charge in [-0.2, -0.15) is 5.26 Å². The highest BCUT2D eigenvalue weighted by Crippen LogP contribution is 2.04. The quantitative estimate of drug-likeness (QED) is 0.529. The molecule has 0 heterocycles. The van der Waals surface area contributed by atoms with Crippen molar-refractivity contribution in [2.24, 2.45) is 5.92 Å². The van der Waals surface area contributed by atoms with E-state index in [1.54, 1.807) is 24.8 Å². The standard InChI is InChI=1S/C13H21N3O3/c1-5-16(6-2)8-10(7-14)12(17)15-11(9(3)4)13(18)19/h8-9,11H,5-6H2,1-4H3,(H,15,17)(H,18,19)/b10-8-. The van der Waals surface area contributed by atoms with E-state index in [0.29, 0.717) is 13.1 Å². The summed E-state index contributed by atoms with van der Waals surface area (Å²) in [6.07, 6.45) is 1.45. The Morgan fingerprint density at radius 3 is 2.21 bits per heavy atom. The Hall–Kier alpha value is -2.03. The predicted octanol–water partition coefficient (Wildman–Crippen LogP) is 0.961. The zero-order chi connectivity index (χ0) is 15.0. The van der Waals surface area contributed by atoms with E-state index in [0.717, 1.165) is 0 Å². The molecule has 6 nitrogen and oxygen atoms in total. The van der Waals surface area contributed by atoms with Crippen molar-refractivity contribution in [2.75, 3.05) is 13.1 Å². The minimum absolute atomic E-state index is 0.0874. The van der Waals surface area contributed by atoms with Crippen LogP contribution in [-0.4, -0.2) is 41.0 Å². The highest BCUT2D eigenvalue weighted by Gasteiger charge is 2.25. The molecule has 0 saturated carbocycles. The van der Waals surface area contributed by atoms with E-state index in [1.165, 1.54) is 6.20 Å². The second-order valence-electron chi connectivity index (χ2n) is 4.41. The monoisotopic (exact) mass is 267 g/mol. The molecule has 19 heavy (non-hydrogen) atoms. The second-order valence-corrected chi connectivity index (χ2v) is 4.41. The maximum atomic E-state index is 11.9. The lowest BCUT2D eigenvalue weighted by molar-refractivity contribution is -0.142. The van der Waals surface area contributed by atoms with Crippen molar-refractivity contribution in [1.82, 2.24) is 10.2 Å². The number of hydrogen-bond donors (Lipinski definition) is 2. The predicted molar refractivity (Wildman–Crippen MR) is 71.0 cm³/mol. The Kier molecular flexibility index (Phi) is 7.27. The first-order valence-corrected chi connectivity index (χ1v) is 6.26. The Morgan fingerprint density at radius 1 is 1.37 bits per heavy atom. The van der Waals surface area contributed by atoms with E-state index in [4.69, 9.17) is 10.4 Å². The molecule has 1 atom stereocenters. The zero-order valence-corrected chi connectivity index (χ0v) is 11.8. The number of nitrogens with zero attached hydrogens (tertiary/aromatic N) is 2. The Bertz CT molecular complexity index is 392. The molecule has 0 aromatic carbocycles. The summed E-state index contributed by atoms with van der Waals surface area (Å²) in [5, 5.41) is 20.3. The summed E-state index contributed by atoms with van der Waals surface area (Å²) in [5.74, 6) is -2.02. The molecular formula is C13H21N3O3. The third kappa shape index (κ3) is 5.42. The van der Waals surface area contributed by atoms with Gasteiger partial charge in [-0.05, 0) is 19.8 Å². The molecule has 0 aliphatic heterocycles. The molecule has 0 rings (SSSR count). The SMILES string of the molecule is CCN(/C=C(/C#N)C(=O)NC(C(=O)O)C(C)C)CC. The minimum atomic E-state index is -1.11. The molecule has 6 heteroatoms. The van der Waals surface area contributed by atoms with Crippen LogP contribution in [-0.2, 0) is 9.59 Å². The molecule has 106 valence electrons. The van der Waals surface area contributed by atoms with Crippen LogP contribution in [0.4, 0.5) is 0 Å².